The average molecular weight is 309 g/mol. The lowest BCUT2D eigenvalue weighted by Gasteiger charge is -2.04. The maximum absolute atomic E-state index is 11.1. The number of benzene rings is 1. The number of nitrogens with one attached hydrogen (secondary N) is 2. The molecule has 0 amide bonds. The normalized spacial score (nSPS) is 15.1. The Morgan fingerprint density at radius 3 is 2.55 bits per heavy atom. The predicted molar refractivity (Wildman–Crippen MR) is 82.7 cm³/mol. The van der Waals surface area contributed by atoms with Crippen molar-refractivity contribution in [3.05, 3.63) is 29.6 Å². The van der Waals surface area contributed by atoms with E-state index in [0.717, 1.165) is 22.6 Å². The van der Waals surface area contributed by atoms with Gasteiger partial charge in [-0.1, -0.05) is 12.1 Å². The van der Waals surface area contributed by atoms with Crippen LogP contribution in [0.1, 0.15) is 12.8 Å². The maximum Gasteiger partial charge on any atom is 0.229 e. The van der Waals surface area contributed by atoms with Gasteiger partial charge in [0, 0.05) is 22.7 Å². The van der Waals surface area contributed by atoms with Crippen molar-refractivity contribution in [1.82, 2.24) is 4.98 Å². The second-order valence-corrected chi connectivity index (χ2v) is 7.51. The average Bonchev–Trinajstić information content (AvgIpc) is 3.05. The van der Waals surface area contributed by atoms with Crippen LogP contribution < -0.4 is 10.0 Å². The van der Waals surface area contributed by atoms with Gasteiger partial charge in [-0.05, 0) is 25.0 Å². The van der Waals surface area contributed by atoms with Gasteiger partial charge >= 0.3 is 0 Å². The summed E-state index contributed by atoms with van der Waals surface area (Å²) in [5, 5.41) is 6.31. The van der Waals surface area contributed by atoms with Gasteiger partial charge in [0.15, 0.2) is 5.13 Å². The number of hydrogen-bond acceptors (Lipinski definition) is 5. The summed E-state index contributed by atoms with van der Waals surface area (Å²) in [6, 6.07) is 7.80. The fourth-order valence-corrected chi connectivity index (χ4v) is 3.16. The van der Waals surface area contributed by atoms with Crippen LogP contribution in [0, 0.1) is 0 Å². The molecule has 0 aliphatic heterocycles. The molecule has 1 saturated carbocycles. The van der Waals surface area contributed by atoms with Gasteiger partial charge in [-0.15, -0.1) is 11.3 Å². The molecule has 2 N–H and O–H groups in total. The highest BCUT2D eigenvalue weighted by Crippen LogP contribution is 2.30. The zero-order valence-corrected chi connectivity index (χ0v) is 12.6. The lowest BCUT2D eigenvalue weighted by molar-refractivity contribution is 0.607. The molecular formula is C13H15N3O2S2. The number of hydrogen-bond donors (Lipinski definition) is 2. The summed E-state index contributed by atoms with van der Waals surface area (Å²) in [5.74, 6) is 0. The summed E-state index contributed by atoms with van der Waals surface area (Å²) < 4.78 is 24.7. The predicted octanol–water partition coefficient (Wildman–Crippen LogP) is 2.76. The summed E-state index contributed by atoms with van der Waals surface area (Å²) in [4.78, 5) is 4.53. The molecule has 0 saturated heterocycles. The maximum atomic E-state index is 11.1. The first-order chi connectivity index (χ1) is 9.49. The van der Waals surface area contributed by atoms with Crippen LogP contribution in [0.5, 0.6) is 0 Å². The second kappa shape index (κ2) is 5.06. The number of sulfonamides is 1. The SMILES string of the molecule is CS(=O)(=O)Nc1ccc(-c2csc(NC3CC3)n2)cc1. The van der Waals surface area contributed by atoms with E-state index in [-0.39, 0.29) is 0 Å². The van der Waals surface area contributed by atoms with Crippen molar-refractivity contribution in [2.24, 2.45) is 0 Å². The molecule has 1 aromatic carbocycles. The van der Waals surface area contributed by atoms with Gasteiger partial charge in [0.05, 0.1) is 11.9 Å². The third kappa shape index (κ3) is 3.49. The largest absolute Gasteiger partial charge is 0.359 e. The van der Waals surface area contributed by atoms with E-state index in [0.29, 0.717) is 11.7 Å². The van der Waals surface area contributed by atoms with Gasteiger partial charge < -0.3 is 5.32 Å². The van der Waals surface area contributed by atoms with E-state index in [1.54, 1.807) is 23.5 Å². The Balaban J connectivity index is 1.74. The molecule has 0 atom stereocenters. The van der Waals surface area contributed by atoms with Crippen molar-refractivity contribution in [1.29, 1.82) is 0 Å². The zero-order valence-electron chi connectivity index (χ0n) is 11.0. The Hall–Kier alpha value is -1.60. The zero-order chi connectivity index (χ0) is 14.2. The Labute approximate surface area is 122 Å². The van der Waals surface area contributed by atoms with Gasteiger partial charge in [0.2, 0.25) is 10.0 Å². The van der Waals surface area contributed by atoms with Crippen LogP contribution in [0.3, 0.4) is 0 Å². The third-order valence-corrected chi connectivity index (χ3v) is 4.27. The van der Waals surface area contributed by atoms with Crippen molar-refractivity contribution in [3.63, 3.8) is 0 Å². The molecule has 2 aromatic rings. The first-order valence-corrected chi connectivity index (χ1v) is 9.07. The van der Waals surface area contributed by atoms with Crippen LogP contribution in [0.15, 0.2) is 29.6 Å². The molecule has 1 fully saturated rings. The highest BCUT2D eigenvalue weighted by Gasteiger charge is 2.22. The molecule has 3 rings (SSSR count). The van der Waals surface area contributed by atoms with Crippen LogP contribution in [0.2, 0.25) is 0 Å². The van der Waals surface area contributed by atoms with E-state index in [1.807, 2.05) is 17.5 Å². The van der Waals surface area contributed by atoms with Crippen LogP contribution in [-0.2, 0) is 10.0 Å². The monoisotopic (exact) mass is 309 g/mol. The van der Waals surface area contributed by atoms with E-state index in [4.69, 9.17) is 0 Å². The molecule has 1 heterocycles. The molecule has 106 valence electrons. The quantitative estimate of drug-likeness (QED) is 0.891. The molecule has 0 bridgehead atoms. The Morgan fingerprint density at radius 1 is 1.25 bits per heavy atom. The number of anilines is 2. The molecule has 20 heavy (non-hydrogen) atoms. The van der Waals surface area contributed by atoms with Crippen molar-refractivity contribution >= 4 is 32.2 Å². The van der Waals surface area contributed by atoms with Crippen molar-refractivity contribution in [3.8, 4) is 11.3 Å². The first-order valence-electron chi connectivity index (χ1n) is 6.30. The fourth-order valence-electron chi connectivity index (χ4n) is 1.80. The molecular weight excluding hydrogens is 294 g/mol. The molecule has 0 radical (unpaired) electrons. The van der Waals surface area contributed by atoms with Gasteiger partial charge in [-0.25, -0.2) is 13.4 Å². The minimum absolute atomic E-state index is 0.558. The first kappa shape index (κ1) is 13.4. The Kier molecular flexibility index (Phi) is 3.39. The van der Waals surface area contributed by atoms with Gasteiger partial charge in [0.1, 0.15) is 0 Å². The molecule has 5 nitrogen and oxygen atoms in total. The van der Waals surface area contributed by atoms with Gasteiger partial charge in [0.25, 0.3) is 0 Å². The Morgan fingerprint density at radius 2 is 1.95 bits per heavy atom. The van der Waals surface area contributed by atoms with Crippen LogP contribution in [0.25, 0.3) is 11.3 Å². The van der Waals surface area contributed by atoms with E-state index in [1.165, 1.54) is 12.8 Å². The number of aromatic nitrogens is 1. The highest BCUT2D eigenvalue weighted by molar-refractivity contribution is 7.92. The fraction of sp³-hybridized carbons (Fsp3) is 0.308. The summed E-state index contributed by atoms with van der Waals surface area (Å²) in [6.07, 6.45) is 3.58. The van der Waals surface area contributed by atoms with E-state index in [2.05, 4.69) is 15.0 Å². The molecule has 1 aliphatic carbocycles. The number of thiazole rings is 1. The molecule has 0 spiro atoms. The number of nitrogens with zero attached hydrogens (tertiary/aromatic N) is 1. The van der Waals surface area contributed by atoms with E-state index in [9.17, 15) is 8.42 Å². The van der Waals surface area contributed by atoms with Crippen LogP contribution in [0.4, 0.5) is 10.8 Å². The molecule has 1 aromatic heterocycles. The lowest BCUT2D eigenvalue weighted by atomic mass is 10.1. The van der Waals surface area contributed by atoms with Crippen molar-refractivity contribution in [2.75, 3.05) is 16.3 Å². The summed E-state index contributed by atoms with van der Waals surface area (Å²) >= 11 is 1.59. The molecule has 1 aliphatic rings. The minimum Gasteiger partial charge on any atom is -0.359 e. The summed E-state index contributed by atoms with van der Waals surface area (Å²) in [7, 11) is -3.23. The third-order valence-electron chi connectivity index (χ3n) is 2.89. The Bertz CT molecular complexity index is 703. The van der Waals surface area contributed by atoms with Crippen molar-refractivity contribution in [2.45, 2.75) is 18.9 Å². The van der Waals surface area contributed by atoms with Crippen LogP contribution >= 0.6 is 11.3 Å². The second-order valence-electron chi connectivity index (χ2n) is 4.91. The summed E-state index contributed by atoms with van der Waals surface area (Å²) in [6.45, 7) is 0. The van der Waals surface area contributed by atoms with Gasteiger partial charge in [-0.2, -0.15) is 0 Å². The topological polar surface area (TPSA) is 71.1 Å². The standard InChI is InChI=1S/C13H15N3O2S2/c1-20(17,18)16-11-4-2-9(3-5-11)12-8-19-13(15-12)14-10-6-7-10/h2-5,8,10,16H,6-7H2,1H3,(H,14,15). The van der Waals surface area contributed by atoms with E-state index >= 15 is 0 Å². The van der Waals surface area contributed by atoms with Gasteiger partial charge in [-0.3, -0.25) is 4.72 Å². The van der Waals surface area contributed by atoms with Crippen LogP contribution in [-0.4, -0.2) is 25.7 Å². The highest BCUT2D eigenvalue weighted by atomic mass is 32.2. The molecule has 7 heteroatoms. The minimum atomic E-state index is -3.23. The summed E-state index contributed by atoms with van der Waals surface area (Å²) in [5.41, 5.74) is 2.44. The lowest BCUT2D eigenvalue weighted by Crippen LogP contribution is -2.09. The van der Waals surface area contributed by atoms with Crippen molar-refractivity contribution < 1.29 is 8.42 Å². The van der Waals surface area contributed by atoms with E-state index < -0.39 is 10.0 Å². The molecule has 0 unspecified atom stereocenters. The smallest absolute Gasteiger partial charge is 0.229 e. The number of rotatable bonds is 5.